The summed E-state index contributed by atoms with van der Waals surface area (Å²) in [5.41, 5.74) is 8.08. The summed E-state index contributed by atoms with van der Waals surface area (Å²) >= 11 is 0. The first-order valence-electron chi connectivity index (χ1n) is 7.19. The minimum Gasteiger partial charge on any atom is -0.385 e. The molecule has 0 heterocycles. The van der Waals surface area contributed by atoms with E-state index in [1.54, 1.807) is 19.1 Å². The molecule has 1 aromatic carbocycles. The van der Waals surface area contributed by atoms with E-state index in [9.17, 15) is 4.79 Å². The summed E-state index contributed by atoms with van der Waals surface area (Å²) in [4.78, 5) is 14.3. The van der Waals surface area contributed by atoms with E-state index in [1.165, 1.54) is 0 Å². The van der Waals surface area contributed by atoms with Crippen molar-refractivity contribution in [1.82, 2.24) is 4.90 Å². The van der Waals surface area contributed by atoms with Crippen molar-refractivity contribution in [3.63, 3.8) is 0 Å². The molecule has 2 N–H and O–H groups in total. The number of hydrogen-bond donors (Lipinski definition) is 1. The van der Waals surface area contributed by atoms with Gasteiger partial charge in [0.25, 0.3) is 0 Å². The van der Waals surface area contributed by atoms with Crippen molar-refractivity contribution >= 4 is 5.91 Å². The van der Waals surface area contributed by atoms with E-state index in [0.717, 1.165) is 17.5 Å². The van der Waals surface area contributed by atoms with Gasteiger partial charge < -0.3 is 20.1 Å². The number of nitrogens with zero attached hydrogens (tertiary/aromatic N) is 1. The lowest BCUT2D eigenvalue weighted by Crippen LogP contribution is -2.41. The average molecular weight is 294 g/mol. The molecule has 5 heteroatoms. The van der Waals surface area contributed by atoms with Crippen LogP contribution in [-0.4, -0.2) is 51.3 Å². The van der Waals surface area contributed by atoms with Crippen LogP contribution in [0.5, 0.6) is 0 Å². The third-order valence-corrected chi connectivity index (χ3v) is 3.36. The minimum atomic E-state index is -0.634. The second-order valence-electron chi connectivity index (χ2n) is 5.05. The lowest BCUT2D eigenvalue weighted by molar-refractivity contribution is -0.133. The average Bonchev–Trinajstić information content (AvgIpc) is 2.50. The first-order chi connectivity index (χ1) is 10.1. The lowest BCUT2D eigenvalue weighted by Gasteiger charge is -2.25. The van der Waals surface area contributed by atoms with Crippen molar-refractivity contribution in [2.24, 2.45) is 5.73 Å². The van der Waals surface area contributed by atoms with E-state index in [0.29, 0.717) is 26.3 Å². The number of carbonyl (C=O) groups excluding carboxylic acids is 1. The highest BCUT2D eigenvalue weighted by Gasteiger charge is 2.21. The van der Waals surface area contributed by atoms with Gasteiger partial charge >= 0.3 is 0 Å². The number of ether oxygens (including phenoxy) is 2. The molecule has 0 fully saturated rings. The summed E-state index contributed by atoms with van der Waals surface area (Å²) in [6.45, 7) is 4.29. The summed E-state index contributed by atoms with van der Waals surface area (Å²) < 4.78 is 10.1. The predicted octanol–water partition coefficient (Wildman–Crippen LogP) is 1.51. The van der Waals surface area contributed by atoms with Crippen LogP contribution in [0.25, 0.3) is 0 Å². The highest BCUT2D eigenvalue weighted by molar-refractivity contribution is 5.83. The van der Waals surface area contributed by atoms with Gasteiger partial charge in [-0.25, -0.2) is 0 Å². The molecule has 1 rings (SSSR count). The quantitative estimate of drug-likeness (QED) is 0.701. The summed E-state index contributed by atoms with van der Waals surface area (Å²) in [5, 5.41) is 0. The predicted molar refractivity (Wildman–Crippen MR) is 83.1 cm³/mol. The first kappa shape index (κ1) is 17.6. The maximum atomic E-state index is 12.5. The monoisotopic (exact) mass is 294 g/mol. The molecule has 0 aliphatic heterocycles. The molecule has 0 aliphatic rings. The Hall–Kier alpha value is -1.43. The normalized spacial score (nSPS) is 12.2. The molecular weight excluding hydrogens is 268 g/mol. The van der Waals surface area contributed by atoms with Crippen molar-refractivity contribution in [2.75, 3.05) is 40.5 Å². The molecule has 0 aromatic heterocycles. The van der Waals surface area contributed by atoms with Gasteiger partial charge in [0.05, 0.1) is 6.61 Å². The van der Waals surface area contributed by atoms with Crippen LogP contribution in [0.4, 0.5) is 0 Å². The minimum absolute atomic E-state index is 0.0768. The van der Waals surface area contributed by atoms with Gasteiger partial charge in [-0.05, 0) is 18.9 Å². The number of methoxy groups -OCH3 is 2. The van der Waals surface area contributed by atoms with E-state index in [2.05, 4.69) is 0 Å². The van der Waals surface area contributed by atoms with Crippen molar-refractivity contribution < 1.29 is 14.3 Å². The number of benzene rings is 1. The second kappa shape index (κ2) is 9.50. The Morgan fingerprint density at radius 3 is 2.33 bits per heavy atom. The van der Waals surface area contributed by atoms with Crippen LogP contribution in [0.2, 0.25) is 0 Å². The smallest absolute Gasteiger partial charge is 0.244 e. The Kier molecular flexibility index (Phi) is 7.97. The lowest BCUT2D eigenvalue weighted by atomic mass is 10.0. The number of rotatable bonds is 9. The molecule has 1 aromatic rings. The molecule has 0 aliphatic carbocycles. The fraction of sp³-hybridized carbons (Fsp3) is 0.562. The summed E-state index contributed by atoms with van der Waals surface area (Å²) in [6, 6.07) is 7.10. The van der Waals surface area contributed by atoms with E-state index in [1.807, 2.05) is 31.2 Å². The van der Waals surface area contributed by atoms with Crippen LogP contribution in [0.1, 0.15) is 23.6 Å². The Morgan fingerprint density at radius 2 is 1.76 bits per heavy atom. The maximum Gasteiger partial charge on any atom is 0.244 e. The molecule has 0 saturated carbocycles. The molecule has 0 saturated heterocycles. The number of aryl methyl sites for hydroxylation is 1. The van der Waals surface area contributed by atoms with Crippen LogP contribution < -0.4 is 5.73 Å². The molecule has 1 atom stereocenters. The van der Waals surface area contributed by atoms with Crippen LogP contribution in [0, 0.1) is 6.92 Å². The zero-order chi connectivity index (χ0) is 15.7. The van der Waals surface area contributed by atoms with Gasteiger partial charge in [-0.3, -0.25) is 4.79 Å². The molecule has 0 bridgehead atoms. The van der Waals surface area contributed by atoms with Crippen molar-refractivity contribution in [3.05, 3.63) is 35.4 Å². The Balaban J connectivity index is 2.70. The van der Waals surface area contributed by atoms with Gasteiger partial charge in [-0.1, -0.05) is 29.8 Å². The molecule has 1 unspecified atom stereocenters. The molecular formula is C16H26N2O3. The van der Waals surface area contributed by atoms with Gasteiger partial charge in [0, 0.05) is 33.9 Å². The number of nitrogens with two attached hydrogens (primary N) is 1. The highest BCUT2D eigenvalue weighted by Crippen LogP contribution is 2.14. The van der Waals surface area contributed by atoms with E-state index in [4.69, 9.17) is 15.2 Å². The molecule has 118 valence electrons. The Bertz CT molecular complexity index is 420. The summed E-state index contributed by atoms with van der Waals surface area (Å²) in [5.74, 6) is -0.0768. The van der Waals surface area contributed by atoms with Gasteiger partial charge in [0.1, 0.15) is 6.04 Å². The summed E-state index contributed by atoms with van der Waals surface area (Å²) in [6.07, 6.45) is 0.784. The summed E-state index contributed by atoms with van der Waals surface area (Å²) in [7, 11) is 3.27. The molecule has 1 amide bonds. The third kappa shape index (κ3) is 5.83. The standard InChI is InChI=1S/C16H26N2O3/c1-13-5-7-14(8-6-13)15(17)16(19)18(10-12-21-3)9-4-11-20-2/h5-8,15H,4,9-12,17H2,1-3H3. The van der Waals surface area contributed by atoms with Gasteiger partial charge in [-0.2, -0.15) is 0 Å². The van der Waals surface area contributed by atoms with Gasteiger partial charge in [-0.15, -0.1) is 0 Å². The fourth-order valence-electron chi connectivity index (χ4n) is 2.05. The first-order valence-corrected chi connectivity index (χ1v) is 7.19. The van der Waals surface area contributed by atoms with Gasteiger partial charge in [0.2, 0.25) is 5.91 Å². The van der Waals surface area contributed by atoms with Crippen LogP contribution in [0.3, 0.4) is 0 Å². The Labute approximate surface area is 127 Å². The van der Waals surface area contributed by atoms with E-state index in [-0.39, 0.29) is 5.91 Å². The van der Waals surface area contributed by atoms with Gasteiger partial charge in [0.15, 0.2) is 0 Å². The van der Waals surface area contributed by atoms with Crippen molar-refractivity contribution in [2.45, 2.75) is 19.4 Å². The largest absolute Gasteiger partial charge is 0.385 e. The van der Waals surface area contributed by atoms with Crippen molar-refractivity contribution in [1.29, 1.82) is 0 Å². The number of carbonyl (C=O) groups is 1. The SMILES string of the molecule is COCCCN(CCOC)C(=O)C(N)c1ccc(C)cc1. The van der Waals surface area contributed by atoms with E-state index >= 15 is 0 Å². The molecule has 5 nitrogen and oxygen atoms in total. The zero-order valence-electron chi connectivity index (χ0n) is 13.2. The van der Waals surface area contributed by atoms with Crippen LogP contribution in [-0.2, 0) is 14.3 Å². The van der Waals surface area contributed by atoms with E-state index < -0.39 is 6.04 Å². The third-order valence-electron chi connectivity index (χ3n) is 3.36. The second-order valence-corrected chi connectivity index (χ2v) is 5.05. The topological polar surface area (TPSA) is 64.8 Å². The van der Waals surface area contributed by atoms with Crippen LogP contribution >= 0.6 is 0 Å². The zero-order valence-corrected chi connectivity index (χ0v) is 13.2. The van der Waals surface area contributed by atoms with Crippen LogP contribution in [0.15, 0.2) is 24.3 Å². The number of hydrogen-bond acceptors (Lipinski definition) is 4. The highest BCUT2D eigenvalue weighted by atomic mass is 16.5. The maximum absolute atomic E-state index is 12.5. The molecule has 21 heavy (non-hydrogen) atoms. The van der Waals surface area contributed by atoms with Crippen molar-refractivity contribution in [3.8, 4) is 0 Å². The number of amides is 1. The molecule has 0 radical (unpaired) electrons. The molecule has 0 spiro atoms. The Morgan fingerprint density at radius 1 is 1.14 bits per heavy atom. The fourth-order valence-corrected chi connectivity index (χ4v) is 2.05.